The Hall–Kier alpha value is -1.47. The van der Waals surface area contributed by atoms with Crippen molar-refractivity contribution in [3.8, 4) is 0 Å². The zero-order chi connectivity index (χ0) is 15.0. The molecule has 1 amide bonds. The molecule has 0 atom stereocenters. The molecule has 1 aromatic heterocycles. The summed E-state index contributed by atoms with van der Waals surface area (Å²) in [6, 6.07) is 0. The van der Waals surface area contributed by atoms with Gasteiger partial charge < -0.3 is 14.4 Å². The van der Waals surface area contributed by atoms with Crippen molar-refractivity contribution >= 4 is 23.2 Å². The molecule has 0 unspecified atom stereocenters. The molecule has 0 radical (unpaired) electrons. The maximum Gasteiger partial charge on any atom is 0.357 e. The summed E-state index contributed by atoms with van der Waals surface area (Å²) in [7, 11) is 2.95. The molecule has 0 spiro atoms. The third-order valence-corrected chi connectivity index (χ3v) is 3.54. The standard InChI is InChI=1S/C13H20N2O4S/c1-4-12(16)15(6-5-7-18-2)8-11-14-10(9-20-11)13(17)19-3/h9H,4-8H2,1-3H3. The van der Waals surface area contributed by atoms with Crippen LogP contribution >= 0.6 is 11.3 Å². The van der Waals surface area contributed by atoms with Gasteiger partial charge >= 0.3 is 5.97 Å². The maximum atomic E-state index is 11.9. The predicted molar refractivity (Wildman–Crippen MR) is 75.7 cm³/mol. The van der Waals surface area contributed by atoms with Gasteiger partial charge in [-0.15, -0.1) is 11.3 Å². The van der Waals surface area contributed by atoms with Crippen molar-refractivity contribution < 1.29 is 19.1 Å². The van der Waals surface area contributed by atoms with Crippen molar-refractivity contribution in [2.45, 2.75) is 26.3 Å². The quantitative estimate of drug-likeness (QED) is 0.540. The van der Waals surface area contributed by atoms with E-state index < -0.39 is 5.97 Å². The minimum absolute atomic E-state index is 0.0657. The van der Waals surface area contributed by atoms with Gasteiger partial charge in [-0.3, -0.25) is 4.79 Å². The van der Waals surface area contributed by atoms with E-state index in [1.54, 1.807) is 17.4 Å². The molecule has 0 fully saturated rings. The fourth-order valence-electron chi connectivity index (χ4n) is 1.66. The Morgan fingerprint density at radius 2 is 2.15 bits per heavy atom. The number of esters is 1. The normalized spacial score (nSPS) is 10.3. The Morgan fingerprint density at radius 3 is 2.75 bits per heavy atom. The van der Waals surface area contributed by atoms with E-state index in [1.165, 1.54) is 18.4 Å². The number of thiazole rings is 1. The van der Waals surface area contributed by atoms with Gasteiger partial charge in [-0.05, 0) is 6.42 Å². The Bertz CT molecular complexity index is 447. The van der Waals surface area contributed by atoms with Crippen LogP contribution in [-0.4, -0.2) is 49.1 Å². The number of carbonyl (C=O) groups is 2. The fourth-order valence-corrected chi connectivity index (χ4v) is 2.44. The summed E-state index contributed by atoms with van der Waals surface area (Å²) < 4.78 is 9.60. The molecule has 0 aliphatic carbocycles. The van der Waals surface area contributed by atoms with E-state index in [4.69, 9.17) is 4.74 Å². The second-order valence-electron chi connectivity index (χ2n) is 4.13. The molecule has 112 valence electrons. The van der Waals surface area contributed by atoms with Crippen molar-refractivity contribution in [1.29, 1.82) is 0 Å². The van der Waals surface area contributed by atoms with Crippen LogP contribution in [0.1, 0.15) is 35.3 Å². The number of ether oxygens (including phenoxy) is 2. The lowest BCUT2D eigenvalue weighted by molar-refractivity contribution is -0.131. The van der Waals surface area contributed by atoms with Crippen LogP contribution in [0.2, 0.25) is 0 Å². The van der Waals surface area contributed by atoms with Gasteiger partial charge in [0.2, 0.25) is 5.91 Å². The van der Waals surface area contributed by atoms with Crippen molar-refractivity contribution in [1.82, 2.24) is 9.88 Å². The van der Waals surface area contributed by atoms with Crippen LogP contribution < -0.4 is 0 Å². The minimum Gasteiger partial charge on any atom is -0.464 e. The lowest BCUT2D eigenvalue weighted by Gasteiger charge is -2.20. The summed E-state index contributed by atoms with van der Waals surface area (Å²) in [6.07, 6.45) is 1.22. The molecule has 0 aliphatic rings. The smallest absolute Gasteiger partial charge is 0.357 e. The number of hydrogen-bond donors (Lipinski definition) is 0. The zero-order valence-electron chi connectivity index (χ0n) is 12.0. The molecule has 0 aliphatic heterocycles. The lowest BCUT2D eigenvalue weighted by Crippen LogP contribution is -2.31. The van der Waals surface area contributed by atoms with E-state index in [0.29, 0.717) is 26.1 Å². The Kier molecular flexibility index (Phi) is 7.17. The molecule has 7 heteroatoms. The highest BCUT2D eigenvalue weighted by Crippen LogP contribution is 2.14. The first-order valence-electron chi connectivity index (χ1n) is 6.41. The first-order chi connectivity index (χ1) is 9.62. The van der Waals surface area contributed by atoms with Gasteiger partial charge in [0.05, 0.1) is 13.7 Å². The number of carbonyl (C=O) groups excluding carboxylic acids is 2. The van der Waals surface area contributed by atoms with Crippen molar-refractivity contribution in [3.63, 3.8) is 0 Å². The van der Waals surface area contributed by atoms with Crippen LogP contribution in [0.4, 0.5) is 0 Å². The molecule has 20 heavy (non-hydrogen) atoms. The molecule has 0 N–H and O–H groups in total. The summed E-state index contributed by atoms with van der Waals surface area (Å²) in [5, 5.41) is 2.37. The molecule has 6 nitrogen and oxygen atoms in total. The van der Waals surface area contributed by atoms with Gasteiger partial charge in [0.15, 0.2) is 5.69 Å². The largest absolute Gasteiger partial charge is 0.464 e. The van der Waals surface area contributed by atoms with Crippen LogP contribution in [-0.2, 0) is 20.8 Å². The van der Waals surface area contributed by atoms with E-state index in [1.807, 2.05) is 6.92 Å². The Balaban J connectivity index is 2.66. The fraction of sp³-hybridized carbons (Fsp3) is 0.615. The highest BCUT2D eigenvalue weighted by Gasteiger charge is 2.16. The van der Waals surface area contributed by atoms with Crippen LogP contribution in [0.5, 0.6) is 0 Å². The van der Waals surface area contributed by atoms with Crippen molar-refractivity contribution in [2.24, 2.45) is 0 Å². The molecular formula is C13H20N2O4S. The van der Waals surface area contributed by atoms with Crippen LogP contribution in [0.25, 0.3) is 0 Å². The molecule has 0 aromatic carbocycles. The number of rotatable bonds is 8. The van der Waals surface area contributed by atoms with Crippen LogP contribution in [0, 0.1) is 0 Å². The third kappa shape index (κ3) is 4.90. The van der Waals surface area contributed by atoms with Gasteiger partial charge in [-0.1, -0.05) is 6.92 Å². The van der Waals surface area contributed by atoms with Gasteiger partial charge in [0, 0.05) is 32.1 Å². The van der Waals surface area contributed by atoms with Crippen molar-refractivity contribution in [3.05, 3.63) is 16.1 Å². The van der Waals surface area contributed by atoms with Gasteiger partial charge in [0.1, 0.15) is 5.01 Å². The van der Waals surface area contributed by atoms with E-state index in [-0.39, 0.29) is 11.6 Å². The monoisotopic (exact) mass is 300 g/mol. The summed E-state index contributed by atoms with van der Waals surface area (Å²) in [4.78, 5) is 29.1. The molecule has 1 aromatic rings. The first kappa shape index (κ1) is 16.6. The lowest BCUT2D eigenvalue weighted by atomic mass is 10.3. The summed E-state index contributed by atoms with van der Waals surface area (Å²) in [6.45, 7) is 3.47. The molecule has 1 heterocycles. The minimum atomic E-state index is -0.458. The molecule has 0 bridgehead atoms. The number of hydrogen-bond acceptors (Lipinski definition) is 6. The van der Waals surface area contributed by atoms with E-state index in [0.717, 1.165) is 11.4 Å². The van der Waals surface area contributed by atoms with Crippen LogP contribution in [0.15, 0.2) is 5.38 Å². The average Bonchev–Trinajstić information content (AvgIpc) is 2.93. The topological polar surface area (TPSA) is 68.7 Å². The van der Waals surface area contributed by atoms with Gasteiger partial charge in [-0.25, -0.2) is 9.78 Å². The average molecular weight is 300 g/mol. The molecular weight excluding hydrogens is 280 g/mol. The Labute approximate surface area is 122 Å². The number of nitrogens with zero attached hydrogens (tertiary/aromatic N) is 2. The van der Waals surface area contributed by atoms with Gasteiger partial charge in [0.25, 0.3) is 0 Å². The number of aromatic nitrogens is 1. The second-order valence-corrected chi connectivity index (χ2v) is 5.08. The third-order valence-electron chi connectivity index (χ3n) is 2.70. The Morgan fingerprint density at radius 1 is 1.40 bits per heavy atom. The molecule has 0 saturated heterocycles. The van der Waals surface area contributed by atoms with E-state index in [9.17, 15) is 9.59 Å². The highest BCUT2D eigenvalue weighted by molar-refractivity contribution is 7.09. The predicted octanol–water partition coefficient (Wildman–Crippen LogP) is 1.70. The summed E-state index contributed by atoms with van der Waals surface area (Å²) >= 11 is 1.35. The highest BCUT2D eigenvalue weighted by atomic mass is 32.1. The number of amides is 1. The first-order valence-corrected chi connectivity index (χ1v) is 7.29. The number of methoxy groups -OCH3 is 2. The summed E-state index contributed by atoms with van der Waals surface area (Å²) in [5.41, 5.74) is 0.285. The van der Waals surface area contributed by atoms with E-state index in [2.05, 4.69) is 9.72 Å². The summed E-state index contributed by atoms with van der Waals surface area (Å²) in [5.74, 6) is -0.392. The maximum absolute atomic E-state index is 11.9. The SMILES string of the molecule is CCC(=O)N(CCCOC)Cc1nc(C(=O)OC)cs1. The molecule has 0 saturated carbocycles. The second kappa shape index (κ2) is 8.65. The molecule has 1 rings (SSSR count). The van der Waals surface area contributed by atoms with Gasteiger partial charge in [-0.2, -0.15) is 0 Å². The van der Waals surface area contributed by atoms with Crippen LogP contribution in [0.3, 0.4) is 0 Å². The van der Waals surface area contributed by atoms with Crippen molar-refractivity contribution in [2.75, 3.05) is 27.4 Å². The van der Waals surface area contributed by atoms with E-state index >= 15 is 0 Å². The zero-order valence-corrected chi connectivity index (χ0v) is 12.9.